The van der Waals surface area contributed by atoms with Gasteiger partial charge in [0.2, 0.25) is 5.91 Å². The molecule has 0 spiro atoms. The van der Waals surface area contributed by atoms with Crippen LogP contribution in [0.15, 0.2) is 24.3 Å². The Morgan fingerprint density at radius 1 is 0.957 bits per heavy atom. The number of rotatable bonds is 13. The number of ether oxygens (including phenoxy) is 4. The van der Waals surface area contributed by atoms with Gasteiger partial charge in [-0.15, -0.1) is 0 Å². The maximum Gasteiger partial charge on any atom is 0.249 e. The molecule has 1 aliphatic carbocycles. The Bertz CT molecular complexity index is 1090. The van der Waals surface area contributed by atoms with Crippen molar-refractivity contribution in [1.82, 2.24) is 10.6 Å². The van der Waals surface area contributed by atoms with Gasteiger partial charge in [-0.3, -0.25) is 4.79 Å². The molecule has 6 unspecified atom stereocenters. The number of benzene rings is 1. The second-order valence-corrected chi connectivity index (χ2v) is 12.2. The Balaban J connectivity index is 1.55. The van der Waals surface area contributed by atoms with E-state index < -0.39 is 92.0 Å². The van der Waals surface area contributed by atoms with Crippen LogP contribution in [0.5, 0.6) is 5.75 Å². The molecule has 1 aromatic rings. The lowest BCUT2D eigenvalue weighted by atomic mass is 9.83. The summed E-state index contributed by atoms with van der Waals surface area (Å²) < 4.78 is 23.9. The number of phenols is 1. The van der Waals surface area contributed by atoms with Gasteiger partial charge in [-0.05, 0) is 49.9 Å². The molecule has 3 fully saturated rings. The van der Waals surface area contributed by atoms with Crippen molar-refractivity contribution in [2.24, 2.45) is 22.9 Å². The second kappa shape index (κ2) is 16.8. The predicted octanol–water partition coefficient (Wildman–Crippen LogP) is -4.86. The van der Waals surface area contributed by atoms with Gasteiger partial charge >= 0.3 is 0 Å². The summed E-state index contributed by atoms with van der Waals surface area (Å²) in [6, 6.07) is 2.84. The Labute approximate surface area is 267 Å². The van der Waals surface area contributed by atoms with Gasteiger partial charge < -0.3 is 83.2 Å². The Morgan fingerprint density at radius 2 is 1.65 bits per heavy atom. The van der Waals surface area contributed by atoms with E-state index in [9.17, 15) is 35.4 Å². The van der Waals surface area contributed by atoms with Crippen LogP contribution in [-0.4, -0.2) is 142 Å². The third-order valence-electron chi connectivity index (χ3n) is 8.79. The van der Waals surface area contributed by atoms with E-state index in [0.717, 1.165) is 5.56 Å². The third kappa shape index (κ3) is 8.88. The minimum atomic E-state index is -1.53. The molecule has 0 radical (unpaired) electrons. The molecule has 1 amide bonds. The fourth-order valence-corrected chi connectivity index (χ4v) is 6.09. The lowest BCUT2D eigenvalue weighted by Gasteiger charge is -2.49. The smallest absolute Gasteiger partial charge is 0.249 e. The quantitative estimate of drug-likeness (QED) is 0.0945. The maximum absolute atomic E-state index is 12.8. The number of phenolic OH excluding ortho intramolecular Hbond substituents is 1. The summed E-state index contributed by atoms with van der Waals surface area (Å²) >= 11 is 0. The zero-order valence-electron chi connectivity index (χ0n) is 25.6. The van der Waals surface area contributed by atoms with E-state index in [-0.39, 0.29) is 44.3 Å². The van der Waals surface area contributed by atoms with Crippen LogP contribution in [-0.2, 0) is 30.3 Å². The zero-order chi connectivity index (χ0) is 33.5. The summed E-state index contributed by atoms with van der Waals surface area (Å²) in [6.45, 7) is -0.161. The molecular weight excluding hydrogens is 608 g/mol. The Hall–Kier alpha value is -2.07. The standard InChI is InChI=1S/C29H50N6O11/c30-8-7-19(38)27(42)35-18-9-17(33)25(45-28-16(32)6-5-15(10-31)43-28)24(41)26(18)46-29-23(40)21(22(39)20(12-36)44-29)34-11-13-1-3-14(37)4-2-13/h1-4,15-26,28-29,34,36-41H,5-12,30-33H2,(H,35,42)/t15?,16?,17-,18+,19-,20?,21-,22+,23?,24?,25?,26-,28+,29+/m0/s1. The van der Waals surface area contributed by atoms with E-state index in [1.807, 2.05) is 0 Å². The summed E-state index contributed by atoms with van der Waals surface area (Å²) in [5, 5.41) is 69.3. The SMILES string of the molecule is NCC[C@H](O)C(=O)N[C@@H]1C[C@H](N)C(O[C@H]2OC(CN)CCC2N)C(O)[C@H]1O[C@H]1OC(CO)[C@@H](O)[C@H](NCc2ccc(O)cc2)C1O. The molecule has 262 valence electrons. The first-order valence-electron chi connectivity index (χ1n) is 15.6. The van der Waals surface area contributed by atoms with Gasteiger partial charge in [0.1, 0.15) is 48.5 Å². The van der Waals surface area contributed by atoms with Crippen LogP contribution < -0.4 is 33.6 Å². The molecule has 4 rings (SSSR count). The van der Waals surface area contributed by atoms with E-state index in [0.29, 0.717) is 12.8 Å². The van der Waals surface area contributed by atoms with Gasteiger partial charge in [0.05, 0.1) is 30.8 Å². The van der Waals surface area contributed by atoms with Gasteiger partial charge in [0.25, 0.3) is 0 Å². The van der Waals surface area contributed by atoms with Crippen molar-refractivity contribution in [3.8, 4) is 5.75 Å². The lowest BCUT2D eigenvalue weighted by molar-refractivity contribution is -0.316. The molecule has 2 saturated heterocycles. The molecule has 14 atom stereocenters. The van der Waals surface area contributed by atoms with Crippen LogP contribution in [0.4, 0.5) is 0 Å². The van der Waals surface area contributed by atoms with Crippen molar-refractivity contribution in [3.05, 3.63) is 29.8 Å². The number of carbonyl (C=O) groups excluding carboxylic acids is 1. The largest absolute Gasteiger partial charge is 0.508 e. The highest BCUT2D eigenvalue weighted by atomic mass is 16.7. The molecular formula is C29H50N6O11. The molecule has 17 nitrogen and oxygen atoms in total. The minimum Gasteiger partial charge on any atom is -0.508 e. The van der Waals surface area contributed by atoms with Crippen LogP contribution in [0, 0.1) is 0 Å². The van der Waals surface area contributed by atoms with Crippen LogP contribution in [0.2, 0.25) is 0 Å². The van der Waals surface area contributed by atoms with Crippen LogP contribution in [0.1, 0.15) is 31.2 Å². The number of aromatic hydroxyl groups is 1. The van der Waals surface area contributed by atoms with Gasteiger partial charge in [0.15, 0.2) is 12.6 Å². The number of carbonyl (C=O) groups is 1. The Kier molecular flexibility index (Phi) is 13.5. The molecule has 46 heavy (non-hydrogen) atoms. The van der Waals surface area contributed by atoms with Crippen molar-refractivity contribution >= 4 is 5.91 Å². The minimum absolute atomic E-state index is 0.00710. The first kappa shape index (κ1) is 36.8. The summed E-state index contributed by atoms with van der Waals surface area (Å²) in [6.07, 6.45) is -11.1. The van der Waals surface area contributed by atoms with Crippen LogP contribution >= 0.6 is 0 Å². The molecule has 17 heteroatoms. The topological polar surface area (TPSA) is 304 Å². The molecule has 1 saturated carbocycles. The molecule has 16 N–H and O–H groups in total. The zero-order valence-corrected chi connectivity index (χ0v) is 25.6. The Morgan fingerprint density at radius 3 is 2.30 bits per heavy atom. The molecule has 1 aromatic carbocycles. The molecule has 3 aliphatic rings. The van der Waals surface area contributed by atoms with Gasteiger partial charge in [-0.25, -0.2) is 0 Å². The van der Waals surface area contributed by atoms with Gasteiger partial charge in [0, 0.05) is 19.1 Å². The summed E-state index contributed by atoms with van der Waals surface area (Å²) in [5.41, 5.74) is 24.7. The fourth-order valence-electron chi connectivity index (χ4n) is 6.09. The van der Waals surface area contributed by atoms with E-state index in [4.69, 9.17) is 41.9 Å². The number of amides is 1. The highest BCUT2D eigenvalue weighted by Crippen LogP contribution is 2.32. The number of nitrogens with two attached hydrogens (primary N) is 4. The number of nitrogens with one attached hydrogen (secondary N) is 2. The monoisotopic (exact) mass is 658 g/mol. The third-order valence-corrected chi connectivity index (χ3v) is 8.79. The van der Waals surface area contributed by atoms with Gasteiger partial charge in [-0.1, -0.05) is 12.1 Å². The summed E-state index contributed by atoms with van der Waals surface area (Å²) in [4.78, 5) is 12.8. The first-order valence-corrected chi connectivity index (χ1v) is 15.6. The predicted molar refractivity (Wildman–Crippen MR) is 161 cm³/mol. The number of hydrogen-bond acceptors (Lipinski definition) is 16. The highest BCUT2D eigenvalue weighted by Gasteiger charge is 2.51. The van der Waals surface area contributed by atoms with E-state index in [2.05, 4.69) is 10.6 Å². The maximum atomic E-state index is 12.8. The fraction of sp³-hybridized carbons (Fsp3) is 0.759. The normalized spacial score (nSPS) is 39.1. The second-order valence-electron chi connectivity index (χ2n) is 12.2. The van der Waals surface area contributed by atoms with Crippen molar-refractivity contribution in [3.63, 3.8) is 0 Å². The van der Waals surface area contributed by atoms with Crippen molar-refractivity contribution in [1.29, 1.82) is 0 Å². The van der Waals surface area contributed by atoms with Crippen molar-refractivity contribution < 1.29 is 54.4 Å². The van der Waals surface area contributed by atoms with Crippen molar-refractivity contribution in [2.45, 2.75) is 118 Å². The lowest BCUT2D eigenvalue weighted by Crippen LogP contribution is -2.69. The highest BCUT2D eigenvalue weighted by molar-refractivity contribution is 5.80. The summed E-state index contributed by atoms with van der Waals surface area (Å²) in [5.74, 6) is -0.696. The van der Waals surface area contributed by atoms with Gasteiger partial charge in [-0.2, -0.15) is 0 Å². The van der Waals surface area contributed by atoms with E-state index in [1.165, 1.54) is 12.1 Å². The van der Waals surface area contributed by atoms with Crippen LogP contribution in [0.3, 0.4) is 0 Å². The number of aliphatic hydroxyl groups is 5. The molecule has 2 heterocycles. The first-order chi connectivity index (χ1) is 22.0. The molecule has 0 bridgehead atoms. The van der Waals surface area contributed by atoms with E-state index in [1.54, 1.807) is 12.1 Å². The molecule has 2 aliphatic heterocycles. The number of hydrogen-bond donors (Lipinski definition) is 12. The average Bonchev–Trinajstić information content (AvgIpc) is 3.03. The van der Waals surface area contributed by atoms with Crippen LogP contribution in [0.25, 0.3) is 0 Å². The molecule has 0 aromatic heterocycles. The van der Waals surface area contributed by atoms with E-state index >= 15 is 0 Å². The number of aliphatic hydroxyl groups excluding tert-OH is 5. The average molecular weight is 659 g/mol. The van der Waals surface area contributed by atoms with Crippen molar-refractivity contribution in [2.75, 3.05) is 19.7 Å². The summed E-state index contributed by atoms with van der Waals surface area (Å²) in [7, 11) is 0.